The monoisotopic (exact) mass is 474 g/mol. The van der Waals surface area contributed by atoms with Crippen molar-refractivity contribution >= 4 is 51.7 Å². The van der Waals surface area contributed by atoms with Gasteiger partial charge in [-0.2, -0.15) is 0 Å². The highest BCUT2D eigenvalue weighted by Crippen LogP contribution is 2.33. The van der Waals surface area contributed by atoms with Crippen LogP contribution in [-0.2, 0) is 9.53 Å². The molecule has 1 aliphatic heterocycles. The van der Waals surface area contributed by atoms with Gasteiger partial charge in [0.1, 0.15) is 15.8 Å². The second-order valence-electron chi connectivity index (χ2n) is 7.48. The third-order valence-electron chi connectivity index (χ3n) is 5.12. The summed E-state index contributed by atoms with van der Waals surface area (Å²) in [7, 11) is 0. The van der Waals surface area contributed by atoms with Crippen molar-refractivity contribution in [1.29, 1.82) is 0 Å². The molecule has 1 N–H and O–H groups in total. The zero-order valence-electron chi connectivity index (χ0n) is 18.6. The van der Waals surface area contributed by atoms with Gasteiger partial charge >= 0.3 is 0 Å². The second kappa shape index (κ2) is 12.1. The molecule has 2 aromatic heterocycles. The number of anilines is 1. The first-order valence-corrected chi connectivity index (χ1v) is 12.4. The maximum Gasteiger partial charge on any atom is 0.267 e. The molecule has 172 valence electrons. The van der Waals surface area contributed by atoms with Gasteiger partial charge in [-0.1, -0.05) is 56.2 Å². The van der Waals surface area contributed by atoms with Gasteiger partial charge in [0.05, 0.1) is 10.5 Å². The van der Waals surface area contributed by atoms with Gasteiger partial charge in [0.2, 0.25) is 0 Å². The summed E-state index contributed by atoms with van der Waals surface area (Å²) >= 11 is 6.68. The molecule has 1 aliphatic rings. The summed E-state index contributed by atoms with van der Waals surface area (Å²) in [5.41, 5.74) is 0.679. The summed E-state index contributed by atoms with van der Waals surface area (Å²) in [6.45, 7) is 6.62. The van der Waals surface area contributed by atoms with Crippen LogP contribution in [0.1, 0.15) is 51.5 Å². The van der Waals surface area contributed by atoms with Crippen LogP contribution >= 0.6 is 24.0 Å². The largest absolute Gasteiger partial charge is 0.382 e. The number of hydrogen-bond acceptors (Lipinski definition) is 7. The van der Waals surface area contributed by atoms with Crippen molar-refractivity contribution in [3.05, 3.63) is 45.2 Å². The lowest BCUT2D eigenvalue weighted by atomic mass is 10.2. The van der Waals surface area contributed by atoms with Crippen LogP contribution in [0, 0.1) is 0 Å². The minimum Gasteiger partial charge on any atom is -0.382 e. The third kappa shape index (κ3) is 5.96. The van der Waals surface area contributed by atoms with E-state index in [4.69, 9.17) is 17.0 Å². The molecule has 1 saturated heterocycles. The molecule has 0 atom stereocenters. The molecule has 3 heterocycles. The molecule has 0 aliphatic carbocycles. The normalized spacial score (nSPS) is 15.3. The van der Waals surface area contributed by atoms with Gasteiger partial charge in [0.15, 0.2) is 0 Å². The van der Waals surface area contributed by atoms with Crippen molar-refractivity contribution in [2.24, 2.45) is 0 Å². The minimum atomic E-state index is -0.226. The van der Waals surface area contributed by atoms with E-state index >= 15 is 0 Å². The molecule has 1 amide bonds. The topological polar surface area (TPSA) is 75.9 Å². The van der Waals surface area contributed by atoms with Crippen LogP contribution < -0.4 is 10.9 Å². The van der Waals surface area contributed by atoms with E-state index in [9.17, 15) is 9.59 Å². The molecule has 9 heteroatoms. The minimum absolute atomic E-state index is 0.142. The first-order chi connectivity index (χ1) is 15.6. The van der Waals surface area contributed by atoms with Crippen LogP contribution in [0.3, 0.4) is 0 Å². The molecular formula is C23H30N4O3S2. The number of carbonyl (C=O) groups excluding carboxylic acids is 1. The Morgan fingerprint density at radius 3 is 2.81 bits per heavy atom. The number of nitrogens with one attached hydrogen (secondary N) is 1. The Kier molecular flexibility index (Phi) is 9.25. The van der Waals surface area contributed by atoms with Crippen LogP contribution in [0.4, 0.5) is 5.82 Å². The average Bonchev–Trinajstić information content (AvgIpc) is 3.06. The number of thioether (sulfide) groups is 1. The number of ether oxygens (including phenoxy) is 1. The van der Waals surface area contributed by atoms with E-state index in [1.807, 2.05) is 13.0 Å². The van der Waals surface area contributed by atoms with Crippen molar-refractivity contribution < 1.29 is 9.53 Å². The van der Waals surface area contributed by atoms with Crippen molar-refractivity contribution in [2.75, 3.05) is 31.6 Å². The van der Waals surface area contributed by atoms with Gasteiger partial charge in [0.25, 0.3) is 11.5 Å². The highest BCUT2D eigenvalue weighted by atomic mass is 32.2. The molecule has 0 unspecified atom stereocenters. The number of thiocarbonyl (C=S) groups is 1. The molecule has 32 heavy (non-hydrogen) atoms. The maximum absolute atomic E-state index is 13.2. The molecule has 0 radical (unpaired) electrons. The molecule has 0 saturated carbocycles. The smallest absolute Gasteiger partial charge is 0.267 e. The van der Waals surface area contributed by atoms with Gasteiger partial charge in [-0.15, -0.1) is 0 Å². The summed E-state index contributed by atoms with van der Waals surface area (Å²) in [5, 5.41) is 3.25. The van der Waals surface area contributed by atoms with Gasteiger partial charge < -0.3 is 10.1 Å². The van der Waals surface area contributed by atoms with Crippen LogP contribution in [-0.4, -0.2) is 50.8 Å². The van der Waals surface area contributed by atoms with Crippen LogP contribution in [0.5, 0.6) is 0 Å². The van der Waals surface area contributed by atoms with E-state index in [-0.39, 0.29) is 11.5 Å². The Bertz CT molecular complexity index is 1050. The van der Waals surface area contributed by atoms with E-state index in [0.29, 0.717) is 52.6 Å². The second-order valence-corrected chi connectivity index (χ2v) is 9.16. The van der Waals surface area contributed by atoms with E-state index in [2.05, 4.69) is 17.2 Å². The number of unbranched alkanes of at least 4 members (excludes halogenated alkanes) is 3. The van der Waals surface area contributed by atoms with E-state index in [1.165, 1.54) is 16.2 Å². The first kappa shape index (κ1) is 24.4. The summed E-state index contributed by atoms with van der Waals surface area (Å²) in [6.07, 6.45) is 8.35. The summed E-state index contributed by atoms with van der Waals surface area (Å²) in [4.78, 5) is 32.9. The molecule has 0 spiro atoms. The van der Waals surface area contributed by atoms with E-state index in [0.717, 1.165) is 32.1 Å². The Labute approximate surface area is 198 Å². The number of fused-ring (bicyclic) bond motifs is 1. The predicted molar refractivity (Wildman–Crippen MR) is 135 cm³/mol. The molecule has 0 bridgehead atoms. The number of aromatic nitrogens is 2. The Morgan fingerprint density at radius 2 is 2.03 bits per heavy atom. The number of carbonyl (C=O) groups is 1. The van der Waals surface area contributed by atoms with Gasteiger partial charge in [0, 0.05) is 32.5 Å². The van der Waals surface area contributed by atoms with E-state index in [1.54, 1.807) is 29.3 Å². The highest BCUT2D eigenvalue weighted by molar-refractivity contribution is 8.26. The van der Waals surface area contributed by atoms with Crippen LogP contribution in [0.15, 0.2) is 34.1 Å². The zero-order chi connectivity index (χ0) is 22.9. The summed E-state index contributed by atoms with van der Waals surface area (Å²) < 4.78 is 7.41. The SMILES string of the molecule is CCCCCCN1C(=O)/C(=C/c2c(NCCCOCC)nc3ccccn3c2=O)SC1=S. The molecule has 0 aromatic carbocycles. The molecule has 2 aromatic rings. The maximum atomic E-state index is 13.2. The number of rotatable bonds is 12. The highest BCUT2D eigenvalue weighted by Gasteiger charge is 2.32. The fraction of sp³-hybridized carbons (Fsp3) is 0.478. The average molecular weight is 475 g/mol. The van der Waals surface area contributed by atoms with Crippen molar-refractivity contribution in [1.82, 2.24) is 14.3 Å². The van der Waals surface area contributed by atoms with Gasteiger partial charge in [-0.05, 0) is 38.0 Å². The third-order valence-corrected chi connectivity index (χ3v) is 6.49. The lowest BCUT2D eigenvalue weighted by molar-refractivity contribution is -0.122. The number of nitrogens with zero attached hydrogens (tertiary/aromatic N) is 3. The lowest BCUT2D eigenvalue weighted by Gasteiger charge is -2.14. The van der Waals surface area contributed by atoms with Gasteiger partial charge in [-0.3, -0.25) is 18.9 Å². The molecule has 1 fully saturated rings. The quantitative estimate of drug-likeness (QED) is 0.279. The Balaban J connectivity index is 1.87. The van der Waals surface area contributed by atoms with E-state index < -0.39 is 0 Å². The van der Waals surface area contributed by atoms with Crippen molar-refractivity contribution in [3.8, 4) is 0 Å². The fourth-order valence-corrected chi connectivity index (χ4v) is 4.70. The Morgan fingerprint density at radius 1 is 1.19 bits per heavy atom. The molecule has 7 nitrogen and oxygen atoms in total. The van der Waals surface area contributed by atoms with Gasteiger partial charge in [-0.25, -0.2) is 4.98 Å². The molecular weight excluding hydrogens is 444 g/mol. The molecule has 3 rings (SSSR count). The van der Waals surface area contributed by atoms with Crippen LogP contribution in [0.2, 0.25) is 0 Å². The summed E-state index contributed by atoms with van der Waals surface area (Å²) in [5.74, 6) is 0.322. The first-order valence-electron chi connectivity index (χ1n) is 11.1. The van der Waals surface area contributed by atoms with Crippen LogP contribution in [0.25, 0.3) is 11.7 Å². The predicted octanol–water partition coefficient (Wildman–Crippen LogP) is 4.31. The number of amides is 1. The fourth-order valence-electron chi connectivity index (χ4n) is 3.41. The number of hydrogen-bond donors (Lipinski definition) is 1. The summed E-state index contributed by atoms with van der Waals surface area (Å²) in [6, 6.07) is 5.40. The zero-order valence-corrected chi connectivity index (χ0v) is 20.3. The number of pyridine rings is 1. The van der Waals surface area contributed by atoms with Crippen molar-refractivity contribution in [3.63, 3.8) is 0 Å². The van der Waals surface area contributed by atoms with Crippen molar-refractivity contribution in [2.45, 2.75) is 46.0 Å². The Hall–Kier alpha value is -2.23. The standard InChI is InChI=1S/C23H30N4O3S2/c1-3-5-6-8-14-27-22(29)18(32-23(27)31)16-17-20(24-12-10-15-30-4-2)25-19-11-7-9-13-26(19)21(17)28/h7,9,11,13,16,24H,3-6,8,10,12,14-15H2,1-2H3/b18-16-. The lowest BCUT2D eigenvalue weighted by Crippen LogP contribution is -2.29.